The summed E-state index contributed by atoms with van der Waals surface area (Å²) in [5.74, 6) is 1.69. The van der Waals surface area contributed by atoms with Crippen LogP contribution < -0.4 is 10.2 Å². The van der Waals surface area contributed by atoms with Crippen molar-refractivity contribution in [3.05, 3.63) is 35.3 Å². The topological polar surface area (TPSA) is 108 Å². The number of aromatic amines is 1. The zero-order chi connectivity index (χ0) is 24.5. The largest absolute Gasteiger partial charge is 0.446 e. The Bertz CT molecular complexity index is 1370. The van der Waals surface area contributed by atoms with Gasteiger partial charge in [-0.3, -0.25) is 10.00 Å². The molecular formula is C25H29N7O3S. The standard InChI is InChI=1S/C25H29N7O3S/c1-26-25(33)35-16-5-7-31(8-6-16)15-17-13-21-22(36-17)24(32-9-11-34-12-10-32)29-23(28-21)18-3-2-4-20-19(18)14-27-30-20/h2-4,13-14,16H,5-12,15H2,1H3,(H,26,33)(H,27,30). The number of nitrogens with zero attached hydrogens (tertiary/aromatic N) is 5. The van der Waals surface area contributed by atoms with Crippen LogP contribution in [0.4, 0.5) is 10.6 Å². The lowest BCUT2D eigenvalue weighted by Gasteiger charge is -2.31. The van der Waals surface area contributed by atoms with E-state index in [1.54, 1.807) is 18.4 Å². The van der Waals surface area contributed by atoms with E-state index < -0.39 is 0 Å². The van der Waals surface area contributed by atoms with E-state index >= 15 is 0 Å². The van der Waals surface area contributed by atoms with Crippen LogP contribution in [0, 0.1) is 0 Å². The number of aromatic nitrogens is 4. The quantitative estimate of drug-likeness (QED) is 0.423. The van der Waals surface area contributed by atoms with Crippen LogP contribution in [0.5, 0.6) is 0 Å². The Labute approximate surface area is 212 Å². The van der Waals surface area contributed by atoms with Gasteiger partial charge in [0.05, 0.1) is 35.1 Å². The van der Waals surface area contributed by atoms with Crippen LogP contribution in [0.25, 0.3) is 32.5 Å². The van der Waals surface area contributed by atoms with Gasteiger partial charge in [-0.2, -0.15) is 5.10 Å². The summed E-state index contributed by atoms with van der Waals surface area (Å²) in [6.45, 7) is 5.66. The van der Waals surface area contributed by atoms with Gasteiger partial charge in [0.2, 0.25) is 0 Å². The van der Waals surface area contributed by atoms with Gasteiger partial charge in [0.1, 0.15) is 6.10 Å². The van der Waals surface area contributed by atoms with E-state index in [0.29, 0.717) is 19.0 Å². The second kappa shape index (κ2) is 10.00. The maximum atomic E-state index is 11.5. The minimum absolute atomic E-state index is 0.0180. The number of anilines is 1. The van der Waals surface area contributed by atoms with Gasteiger partial charge in [-0.15, -0.1) is 11.3 Å². The predicted octanol–water partition coefficient (Wildman–Crippen LogP) is 3.39. The van der Waals surface area contributed by atoms with Gasteiger partial charge >= 0.3 is 6.09 Å². The number of likely N-dealkylation sites (tertiary alicyclic amines) is 1. The van der Waals surface area contributed by atoms with Crippen molar-refractivity contribution in [2.24, 2.45) is 0 Å². The summed E-state index contributed by atoms with van der Waals surface area (Å²) in [6.07, 6.45) is 3.15. The molecule has 11 heteroatoms. The first-order valence-electron chi connectivity index (χ1n) is 12.3. The number of thiophene rings is 1. The molecule has 0 radical (unpaired) electrons. The first-order chi connectivity index (χ1) is 17.7. The molecule has 5 heterocycles. The van der Waals surface area contributed by atoms with Crippen LogP contribution in [0.15, 0.2) is 30.5 Å². The number of amides is 1. The maximum Gasteiger partial charge on any atom is 0.407 e. The third-order valence-electron chi connectivity index (χ3n) is 6.83. The van der Waals surface area contributed by atoms with Gasteiger partial charge in [0.25, 0.3) is 0 Å². The fraction of sp³-hybridized carbons (Fsp3) is 0.440. The first-order valence-corrected chi connectivity index (χ1v) is 13.2. The van der Waals surface area contributed by atoms with Crippen LogP contribution in [0.2, 0.25) is 0 Å². The molecule has 0 atom stereocenters. The predicted molar refractivity (Wildman–Crippen MR) is 139 cm³/mol. The van der Waals surface area contributed by atoms with Crippen molar-refractivity contribution in [1.29, 1.82) is 0 Å². The summed E-state index contributed by atoms with van der Waals surface area (Å²) in [5, 5.41) is 10.8. The Morgan fingerprint density at radius 1 is 1.22 bits per heavy atom. The summed E-state index contributed by atoms with van der Waals surface area (Å²) in [5.41, 5.74) is 2.92. The molecule has 2 fully saturated rings. The van der Waals surface area contributed by atoms with Crippen molar-refractivity contribution < 1.29 is 14.3 Å². The highest BCUT2D eigenvalue weighted by Crippen LogP contribution is 2.36. The molecule has 6 rings (SSSR count). The monoisotopic (exact) mass is 507 g/mol. The molecule has 36 heavy (non-hydrogen) atoms. The molecular weight excluding hydrogens is 478 g/mol. The van der Waals surface area contributed by atoms with E-state index in [9.17, 15) is 4.79 Å². The zero-order valence-corrected chi connectivity index (χ0v) is 21.0. The summed E-state index contributed by atoms with van der Waals surface area (Å²) < 4.78 is 12.2. The number of carbonyl (C=O) groups excluding carboxylic acids is 1. The summed E-state index contributed by atoms with van der Waals surface area (Å²) in [6, 6.07) is 8.28. The highest BCUT2D eigenvalue weighted by atomic mass is 32.1. The van der Waals surface area contributed by atoms with Crippen LogP contribution >= 0.6 is 11.3 Å². The number of nitrogens with one attached hydrogen (secondary N) is 2. The number of benzene rings is 1. The van der Waals surface area contributed by atoms with Gasteiger partial charge in [-0.25, -0.2) is 14.8 Å². The SMILES string of the molecule is CNC(=O)OC1CCN(Cc2cc3nc(-c4cccc5[nH]ncc45)nc(N4CCOCC4)c3s2)CC1. The second-order valence-electron chi connectivity index (χ2n) is 9.16. The highest BCUT2D eigenvalue weighted by molar-refractivity contribution is 7.19. The number of morpholine rings is 1. The second-order valence-corrected chi connectivity index (χ2v) is 10.3. The minimum atomic E-state index is -0.353. The Morgan fingerprint density at radius 3 is 2.86 bits per heavy atom. The van der Waals surface area contributed by atoms with Crippen molar-refractivity contribution in [2.75, 3.05) is 51.3 Å². The van der Waals surface area contributed by atoms with E-state index in [2.05, 4.69) is 37.4 Å². The number of piperidine rings is 1. The van der Waals surface area contributed by atoms with E-state index in [0.717, 1.165) is 78.1 Å². The molecule has 2 N–H and O–H groups in total. The maximum absolute atomic E-state index is 11.5. The normalized spacial score (nSPS) is 17.6. The number of fused-ring (bicyclic) bond motifs is 2. The highest BCUT2D eigenvalue weighted by Gasteiger charge is 2.24. The number of rotatable bonds is 5. The molecule has 4 aromatic rings. The van der Waals surface area contributed by atoms with E-state index in [4.69, 9.17) is 19.4 Å². The Morgan fingerprint density at radius 2 is 2.06 bits per heavy atom. The molecule has 2 aliphatic heterocycles. The Kier molecular flexibility index (Phi) is 6.43. The molecule has 188 valence electrons. The Hall–Kier alpha value is -3.28. The Balaban J connectivity index is 1.30. The van der Waals surface area contributed by atoms with E-state index in [1.807, 2.05) is 18.3 Å². The van der Waals surface area contributed by atoms with Gasteiger partial charge in [-0.05, 0) is 25.0 Å². The van der Waals surface area contributed by atoms with Gasteiger partial charge in [0.15, 0.2) is 11.6 Å². The molecule has 10 nitrogen and oxygen atoms in total. The van der Waals surface area contributed by atoms with E-state index in [1.165, 1.54) is 4.88 Å². The average Bonchev–Trinajstić information content (AvgIpc) is 3.56. The zero-order valence-electron chi connectivity index (χ0n) is 20.2. The van der Waals surface area contributed by atoms with Crippen molar-refractivity contribution in [1.82, 2.24) is 30.4 Å². The van der Waals surface area contributed by atoms with Crippen molar-refractivity contribution in [3.8, 4) is 11.4 Å². The van der Waals surface area contributed by atoms with Crippen molar-refractivity contribution in [3.63, 3.8) is 0 Å². The molecule has 0 bridgehead atoms. The minimum Gasteiger partial charge on any atom is -0.446 e. The lowest BCUT2D eigenvalue weighted by Crippen LogP contribution is -2.38. The summed E-state index contributed by atoms with van der Waals surface area (Å²) >= 11 is 1.77. The first kappa shape index (κ1) is 23.1. The van der Waals surface area contributed by atoms with Gasteiger partial charge in [0, 0.05) is 55.6 Å². The molecule has 1 amide bonds. The number of H-pyrrole nitrogens is 1. The third kappa shape index (κ3) is 4.61. The van der Waals surface area contributed by atoms with Crippen molar-refractivity contribution >= 4 is 44.4 Å². The molecule has 2 aliphatic rings. The number of hydrogen-bond acceptors (Lipinski definition) is 9. The fourth-order valence-corrected chi connectivity index (χ4v) is 6.09. The average molecular weight is 508 g/mol. The number of hydrogen-bond donors (Lipinski definition) is 2. The number of alkyl carbamates (subject to hydrolysis) is 1. The van der Waals surface area contributed by atoms with Crippen molar-refractivity contribution in [2.45, 2.75) is 25.5 Å². The van der Waals surface area contributed by atoms with Crippen LogP contribution in [-0.2, 0) is 16.0 Å². The summed E-state index contributed by atoms with van der Waals surface area (Å²) in [7, 11) is 1.59. The number of ether oxygens (including phenoxy) is 2. The lowest BCUT2D eigenvalue weighted by atomic mass is 10.1. The summed E-state index contributed by atoms with van der Waals surface area (Å²) in [4.78, 5) is 27.6. The molecule has 0 spiro atoms. The fourth-order valence-electron chi connectivity index (χ4n) is 4.93. The molecule has 0 saturated carbocycles. The van der Waals surface area contributed by atoms with Crippen LogP contribution in [0.1, 0.15) is 17.7 Å². The van der Waals surface area contributed by atoms with E-state index in [-0.39, 0.29) is 12.2 Å². The third-order valence-corrected chi connectivity index (χ3v) is 7.94. The molecule has 1 aromatic carbocycles. The smallest absolute Gasteiger partial charge is 0.407 e. The molecule has 3 aromatic heterocycles. The lowest BCUT2D eigenvalue weighted by molar-refractivity contribution is 0.0501. The van der Waals surface area contributed by atoms with Gasteiger partial charge in [-0.1, -0.05) is 12.1 Å². The molecule has 0 aliphatic carbocycles. The van der Waals surface area contributed by atoms with Gasteiger partial charge < -0.3 is 19.7 Å². The number of carbonyl (C=O) groups is 1. The molecule has 0 unspecified atom stereocenters. The molecule has 2 saturated heterocycles. The van der Waals surface area contributed by atoms with Crippen LogP contribution in [0.3, 0.4) is 0 Å². The van der Waals surface area contributed by atoms with Crippen LogP contribution in [-0.4, -0.2) is 83.7 Å².